The van der Waals surface area contributed by atoms with Crippen LogP contribution in [0.2, 0.25) is 0 Å². The Bertz CT molecular complexity index is 934. The van der Waals surface area contributed by atoms with E-state index in [2.05, 4.69) is 36.2 Å². The van der Waals surface area contributed by atoms with Crippen LogP contribution in [-0.4, -0.2) is 26.6 Å². The molecule has 0 atom stereocenters. The van der Waals surface area contributed by atoms with Crippen LogP contribution in [0.15, 0.2) is 47.5 Å². The molecule has 0 unspecified atom stereocenters. The third kappa shape index (κ3) is 3.49. The van der Waals surface area contributed by atoms with E-state index in [4.69, 9.17) is 10.2 Å². The van der Waals surface area contributed by atoms with Crippen molar-refractivity contribution in [2.75, 3.05) is 5.32 Å². The number of oxazole rings is 1. The second-order valence-corrected chi connectivity index (χ2v) is 6.82. The molecule has 1 aromatic carbocycles. The van der Waals surface area contributed by atoms with Gasteiger partial charge in [-0.15, -0.1) is 0 Å². The van der Waals surface area contributed by atoms with E-state index in [9.17, 15) is 9.59 Å². The van der Waals surface area contributed by atoms with E-state index in [0.29, 0.717) is 0 Å². The third-order valence-electron chi connectivity index (χ3n) is 3.86. The molecule has 8 heteroatoms. The van der Waals surface area contributed by atoms with E-state index < -0.39 is 11.8 Å². The summed E-state index contributed by atoms with van der Waals surface area (Å²) in [5.41, 5.74) is 7.56. The minimum absolute atomic E-state index is 0.0256. The van der Waals surface area contributed by atoms with Gasteiger partial charge in [0.15, 0.2) is 17.8 Å². The molecule has 3 N–H and O–H groups in total. The Kier molecular flexibility index (Phi) is 4.33. The minimum atomic E-state index is -0.745. The van der Waals surface area contributed by atoms with E-state index in [-0.39, 0.29) is 22.5 Å². The summed E-state index contributed by atoms with van der Waals surface area (Å²) in [6, 6.07) is 7.77. The van der Waals surface area contributed by atoms with Gasteiger partial charge in [0, 0.05) is 0 Å². The Morgan fingerprint density at radius 1 is 1.19 bits per heavy atom. The number of nitrogens with two attached hydrogens (primary N) is 1. The summed E-state index contributed by atoms with van der Waals surface area (Å²) in [6.07, 6.45) is 3.88. The highest BCUT2D eigenvalue weighted by Gasteiger charge is 2.19. The first-order valence-corrected chi connectivity index (χ1v) is 7.95. The first kappa shape index (κ1) is 17.4. The molecular formula is C18H19N5O3. The van der Waals surface area contributed by atoms with Crippen molar-refractivity contribution in [3.05, 3.63) is 60.1 Å². The Morgan fingerprint density at radius 3 is 2.42 bits per heavy atom. The fourth-order valence-electron chi connectivity index (χ4n) is 2.40. The molecule has 0 saturated carbocycles. The monoisotopic (exact) mass is 353 g/mol. The van der Waals surface area contributed by atoms with Crippen LogP contribution in [0.25, 0.3) is 5.69 Å². The first-order chi connectivity index (χ1) is 12.3. The zero-order chi connectivity index (χ0) is 18.9. The maximum Gasteiger partial charge on any atom is 0.277 e. The highest BCUT2D eigenvalue weighted by molar-refractivity contribution is 6.06. The van der Waals surface area contributed by atoms with Crippen molar-refractivity contribution in [3.63, 3.8) is 0 Å². The molecule has 26 heavy (non-hydrogen) atoms. The molecule has 134 valence electrons. The Morgan fingerprint density at radius 2 is 1.88 bits per heavy atom. The van der Waals surface area contributed by atoms with Gasteiger partial charge >= 0.3 is 0 Å². The highest BCUT2D eigenvalue weighted by atomic mass is 16.3. The molecule has 0 saturated heterocycles. The van der Waals surface area contributed by atoms with E-state index in [1.165, 1.54) is 22.7 Å². The molecule has 3 rings (SSSR count). The molecule has 0 aliphatic rings. The molecule has 0 bridgehead atoms. The van der Waals surface area contributed by atoms with Crippen LogP contribution in [0.4, 0.5) is 5.69 Å². The van der Waals surface area contributed by atoms with Crippen LogP contribution in [0.5, 0.6) is 0 Å². The third-order valence-corrected chi connectivity index (χ3v) is 3.86. The standard InChI is InChI=1S/C18H19N5O3/c1-18(2,3)11-4-6-12(7-5-11)23-8-13(15(22-23)16(19)24)21-17(25)14-9-26-10-20-14/h4-10H,1-3H3,(H2,19,24)(H,21,25). The molecule has 3 aromatic rings. The summed E-state index contributed by atoms with van der Waals surface area (Å²) in [7, 11) is 0. The zero-order valence-electron chi connectivity index (χ0n) is 14.7. The summed E-state index contributed by atoms with van der Waals surface area (Å²) in [5, 5.41) is 6.76. The average molecular weight is 353 g/mol. The van der Waals surface area contributed by atoms with Gasteiger partial charge in [-0.1, -0.05) is 32.9 Å². The van der Waals surface area contributed by atoms with Gasteiger partial charge in [0.05, 0.1) is 17.6 Å². The molecule has 0 aliphatic heterocycles. The number of hydrogen-bond donors (Lipinski definition) is 2. The van der Waals surface area contributed by atoms with E-state index in [1.807, 2.05) is 24.3 Å². The van der Waals surface area contributed by atoms with Gasteiger partial charge in [-0.2, -0.15) is 5.10 Å². The Hall–Kier alpha value is -3.42. The summed E-state index contributed by atoms with van der Waals surface area (Å²) < 4.78 is 6.27. The van der Waals surface area contributed by atoms with Crippen LogP contribution in [-0.2, 0) is 5.41 Å². The number of carbonyl (C=O) groups excluding carboxylic acids is 2. The molecule has 0 aliphatic carbocycles. The predicted molar refractivity (Wildman–Crippen MR) is 95.2 cm³/mol. The number of benzene rings is 1. The summed E-state index contributed by atoms with van der Waals surface area (Å²) >= 11 is 0. The van der Waals surface area contributed by atoms with Crippen LogP contribution in [0.1, 0.15) is 47.3 Å². The lowest BCUT2D eigenvalue weighted by molar-refractivity contribution is 0.0996. The number of carbonyl (C=O) groups is 2. The number of primary amides is 1. The fourth-order valence-corrected chi connectivity index (χ4v) is 2.40. The minimum Gasteiger partial charge on any atom is -0.451 e. The lowest BCUT2D eigenvalue weighted by Crippen LogP contribution is -2.18. The van der Waals surface area contributed by atoms with Gasteiger partial charge < -0.3 is 15.5 Å². The number of anilines is 1. The molecule has 0 spiro atoms. The number of aromatic nitrogens is 3. The summed E-state index contributed by atoms with van der Waals surface area (Å²) in [5.74, 6) is -1.27. The van der Waals surface area contributed by atoms with Gasteiger partial charge in [0.25, 0.3) is 11.8 Å². The Labute approximate surface area is 150 Å². The van der Waals surface area contributed by atoms with Gasteiger partial charge in [-0.3, -0.25) is 9.59 Å². The van der Waals surface area contributed by atoms with Crippen LogP contribution < -0.4 is 11.1 Å². The molecule has 0 radical (unpaired) electrons. The lowest BCUT2D eigenvalue weighted by Gasteiger charge is -2.19. The van der Waals surface area contributed by atoms with Crippen molar-refractivity contribution in [3.8, 4) is 5.69 Å². The normalized spacial score (nSPS) is 11.3. The number of nitrogens with one attached hydrogen (secondary N) is 1. The number of rotatable bonds is 4. The lowest BCUT2D eigenvalue weighted by atomic mass is 9.87. The van der Waals surface area contributed by atoms with E-state index >= 15 is 0 Å². The van der Waals surface area contributed by atoms with Gasteiger partial charge in [-0.25, -0.2) is 9.67 Å². The van der Waals surface area contributed by atoms with Crippen molar-refractivity contribution in [2.24, 2.45) is 5.73 Å². The fraction of sp³-hybridized carbons (Fsp3) is 0.222. The molecule has 8 nitrogen and oxygen atoms in total. The molecule has 2 amide bonds. The highest BCUT2D eigenvalue weighted by Crippen LogP contribution is 2.24. The van der Waals surface area contributed by atoms with Crippen LogP contribution in [0, 0.1) is 0 Å². The first-order valence-electron chi connectivity index (χ1n) is 7.95. The van der Waals surface area contributed by atoms with E-state index in [1.54, 1.807) is 0 Å². The summed E-state index contributed by atoms with van der Waals surface area (Å²) in [6.45, 7) is 6.37. The number of hydrogen-bond acceptors (Lipinski definition) is 5. The van der Waals surface area contributed by atoms with Crippen LogP contribution in [0.3, 0.4) is 0 Å². The van der Waals surface area contributed by atoms with Crippen molar-refractivity contribution in [1.29, 1.82) is 0 Å². The topological polar surface area (TPSA) is 116 Å². The number of nitrogens with zero attached hydrogens (tertiary/aromatic N) is 3. The van der Waals surface area contributed by atoms with Gasteiger partial charge in [-0.05, 0) is 23.1 Å². The SMILES string of the molecule is CC(C)(C)c1ccc(-n2cc(NC(=O)c3cocn3)c(C(N)=O)n2)cc1. The van der Waals surface area contributed by atoms with Crippen molar-refractivity contribution in [1.82, 2.24) is 14.8 Å². The largest absolute Gasteiger partial charge is 0.451 e. The molecule has 2 heterocycles. The zero-order valence-corrected chi connectivity index (χ0v) is 14.7. The predicted octanol–water partition coefficient (Wildman–Crippen LogP) is 2.51. The van der Waals surface area contributed by atoms with Crippen LogP contribution >= 0.6 is 0 Å². The van der Waals surface area contributed by atoms with Crippen molar-refractivity contribution < 1.29 is 14.0 Å². The molecule has 2 aromatic heterocycles. The van der Waals surface area contributed by atoms with E-state index in [0.717, 1.165) is 12.1 Å². The van der Waals surface area contributed by atoms with Gasteiger partial charge in [0.2, 0.25) is 0 Å². The van der Waals surface area contributed by atoms with Gasteiger partial charge in [0.1, 0.15) is 6.26 Å². The van der Waals surface area contributed by atoms with Crippen molar-refractivity contribution >= 4 is 17.5 Å². The maximum absolute atomic E-state index is 12.1. The number of amides is 2. The maximum atomic E-state index is 12.1. The molecular weight excluding hydrogens is 334 g/mol. The second kappa shape index (κ2) is 6.47. The smallest absolute Gasteiger partial charge is 0.277 e. The second-order valence-electron chi connectivity index (χ2n) is 6.82. The average Bonchev–Trinajstić information content (AvgIpc) is 3.24. The van der Waals surface area contributed by atoms with Crippen molar-refractivity contribution in [2.45, 2.75) is 26.2 Å². The molecule has 0 fully saturated rings. The Balaban J connectivity index is 1.92. The summed E-state index contributed by atoms with van der Waals surface area (Å²) in [4.78, 5) is 27.6. The quantitative estimate of drug-likeness (QED) is 0.747.